The number of rotatable bonds is 4. The summed E-state index contributed by atoms with van der Waals surface area (Å²) in [4.78, 5) is 15.1. The van der Waals surface area contributed by atoms with Gasteiger partial charge in [0.2, 0.25) is 0 Å². The maximum atomic E-state index is 12.5. The number of Topliss-reactive ketones (excluding diaryl/α,β-unsaturated/α-hetero) is 1. The zero-order valence-corrected chi connectivity index (χ0v) is 16.0. The van der Waals surface area contributed by atoms with E-state index in [-0.39, 0.29) is 0 Å². The topological polar surface area (TPSA) is 20.3 Å². The third kappa shape index (κ3) is 3.25. The van der Waals surface area contributed by atoms with Crippen molar-refractivity contribution in [2.24, 2.45) is 17.8 Å². The molecule has 2 saturated carbocycles. The molecule has 0 amide bonds. The minimum Gasteiger partial charge on any atom is -0.299 e. The summed E-state index contributed by atoms with van der Waals surface area (Å²) in [6.07, 6.45) is 7.08. The Balaban J connectivity index is 1.29. The lowest BCUT2D eigenvalue weighted by Gasteiger charge is -2.35. The molecule has 0 radical (unpaired) electrons. The summed E-state index contributed by atoms with van der Waals surface area (Å²) in [7, 11) is 0. The lowest BCUT2D eigenvalue weighted by atomic mass is 9.83. The lowest BCUT2D eigenvalue weighted by Crippen LogP contribution is -2.42. The van der Waals surface area contributed by atoms with Gasteiger partial charge in [0.25, 0.3) is 0 Å². The molecule has 2 aromatic rings. The summed E-state index contributed by atoms with van der Waals surface area (Å²) in [6, 6.07) is 20.2. The van der Waals surface area contributed by atoms with Gasteiger partial charge in [-0.15, -0.1) is 0 Å². The van der Waals surface area contributed by atoms with E-state index in [1.165, 1.54) is 49.0 Å². The number of hydrogen-bond acceptors (Lipinski definition) is 2. The number of piperidine rings is 1. The van der Waals surface area contributed by atoms with Crippen LogP contribution in [0.5, 0.6) is 0 Å². The van der Waals surface area contributed by atoms with E-state index in [9.17, 15) is 4.79 Å². The molecule has 2 aliphatic carbocycles. The molecular formula is C25H29NO. The monoisotopic (exact) mass is 359 g/mol. The molecule has 0 unspecified atom stereocenters. The molecule has 1 aliphatic heterocycles. The molecular weight excluding hydrogens is 330 g/mol. The van der Waals surface area contributed by atoms with Gasteiger partial charge in [-0.05, 0) is 67.3 Å². The molecule has 3 fully saturated rings. The van der Waals surface area contributed by atoms with Crippen LogP contribution in [0.25, 0.3) is 11.1 Å². The highest BCUT2D eigenvalue weighted by atomic mass is 16.1. The van der Waals surface area contributed by atoms with E-state index in [2.05, 4.69) is 59.5 Å². The maximum absolute atomic E-state index is 12.5. The van der Waals surface area contributed by atoms with E-state index in [0.717, 1.165) is 19.3 Å². The quantitative estimate of drug-likeness (QED) is 0.768. The van der Waals surface area contributed by atoms with Crippen molar-refractivity contribution in [2.75, 3.05) is 13.1 Å². The molecule has 2 bridgehead atoms. The first kappa shape index (κ1) is 17.2. The minimum atomic E-state index is 0.321. The fraction of sp³-hybridized carbons (Fsp3) is 0.480. The van der Waals surface area contributed by atoms with Gasteiger partial charge in [-0.2, -0.15) is 0 Å². The fourth-order valence-corrected chi connectivity index (χ4v) is 5.95. The van der Waals surface area contributed by atoms with Crippen LogP contribution in [-0.4, -0.2) is 29.8 Å². The van der Waals surface area contributed by atoms with Gasteiger partial charge in [-0.1, -0.05) is 61.0 Å². The van der Waals surface area contributed by atoms with Gasteiger partial charge in [-0.25, -0.2) is 0 Å². The first-order valence-corrected chi connectivity index (χ1v) is 10.7. The first-order chi connectivity index (χ1) is 13.3. The van der Waals surface area contributed by atoms with Crippen LogP contribution >= 0.6 is 0 Å². The second-order valence-corrected chi connectivity index (χ2v) is 8.79. The second kappa shape index (κ2) is 7.24. The SMILES string of the molecule is O=C1C[C@H]2[C@@H](Cc3ccc(-c4ccccc4)cc3)C[C@@H]1[C@H]2N1CCCCC1. The van der Waals surface area contributed by atoms with Crippen LogP contribution in [0.2, 0.25) is 0 Å². The summed E-state index contributed by atoms with van der Waals surface area (Å²) >= 11 is 0. The number of benzene rings is 2. The van der Waals surface area contributed by atoms with Crippen molar-refractivity contribution in [1.29, 1.82) is 0 Å². The molecule has 0 aromatic heterocycles. The number of carbonyl (C=O) groups is 1. The Bertz CT molecular complexity index is 791. The number of hydrogen-bond donors (Lipinski definition) is 0. The van der Waals surface area contributed by atoms with Crippen LogP contribution in [0.3, 0.4) is 0 Å². The molecule has 1 saturated heterocycles. The summed E-state index contributed by atoms with van der Waals surface area (Å²) in [6.45, 7) is 2.42. The Morgan fingerprint density at radius 1 is 0.852 bits per heavy atom. The Morgan fingerprint density at radius 2 is 1.56 bits per heavy atom. The third-order valence-electron chi connectivity index (χ3n) is 7.23. The van der Waals surface area contributed by atoms with Gasteiger partial charge in [0, 0.05) is 18.4 Å². The first-order valence-electron chi connectivity index (χ1n) is 10.7. The molecule has 2 nitrogen and oxygen atoms in total. The summed E-state index contributed by atoms with van der Waals surface area (Å²) in [5, 5.41) is 0. The highest BCUT2D eigenvalue weighted by Crippen LogP contribution is 2.50. The zero-order chi connectivity index (χ0) is 18.2. The second-order valence-electron chi connectivity index (χ2n) is 8.79. The van der Waals surface area contributed by atoms with E-state index in [0.29, 0.717) is 29.6 Å². The van der Waals surface area contributed by atoms with Crippen LogP contribution < -0.4 is 0 Å². The average Bonchev–Trinajstić information content (AvgIpc) is 3.23. The van der Waals surface area contributed by atoms with Crippen LogP contribution in [0.1, 0.15) is 37.7 Å². The Hall–Kier alpha value is -1.93. The van der Waals surface area contributed by atoms with Crippen molar-refractivity contribution in [2.45, 2.75) is 44.6 Å². The summed E-state index contributed by atoms with van der Waals surface area (Å²) in [5.74, 6) is 2.14. The molecule has 27 heavy (non-hydrogen) atoms. The van der Waals surface area contributed by atoms with Crippen molar-refractivity contribution in [3.05, 3.63) is 60.2 Å². The minimum absolute atomic E-state index is 0.321. The van der Waals surface area contributed by atoms with Crippen molar-refractivity contribution >= 4 is 5.78 Å². The Labute approximate surface area is 162 Å². The summed E-state index contributed by atoms with van der Waals surface area (Å²) < 4.78 is 0. The normalized spacial score (nSPS) is 30.7. The highest BCUT2D eigenvalue weighted by molar-refractivity contribution is 5.85. The van der Waals surface area contributed by atoms with Crippen LogP contribution in [0, 0.1) is 17.8 Å². The van der Waals surface area contributed by atoms with Gasteiger partial charge in [-0.3, -0.25) is 9.69 Å². The Kier molecular flexibility index (Phi) is 4.61. The Morgan fingerprint density at radius 3 is 2.30 bits per heavy atom. The molecule has 5 rings (SSSR count). The van der Waals surface area contributed by atoms with Crippen molar-refractivity contribution in [3.63, 3.8) is 0 Å². The van der Waals surface area contributed by atoms with Crippen LogP contribution in [0.4, 0.5) is 0 Å². The summed E-state index contributed by atoms with van der Waals surface area (Å²) in [5.41, 5.74) is 3.99. The lowest BCUT2D eigenvalue weighted by molar-refractivity contribution is -0.122. The third-order valence-corrected chi connectivity index (χ3v) is 7.23. The van der Waals surface area contributed by atoms with E-state index in [1.807, 2.05) is 0 Å². The zero-order valence-electron chi connectivity index (χ0n) is 16.0. The average molecular weight is 360 g/mol. The molecule has 4 atom stereocenters. The molecule has 2 heteroatoms. The van der Waals surface area contributed by atoms with Gasteiger partial charge < -0.3 is 0 Å². The highest BCUT2D eigenvalue weighted by Gasteiger charge is 2.54. The van der Waals surface area contributed by atoms with Gasteiger partial charge in [0.1, 0.15) is 5.78 Å². The molecule has 0 N–H and O–H groups in total. The van der Waals surface area contributed by atoms with Crippen molar-refractivity contribution < 1.29 is 4.79 Å². The van der Waals surface area contributed by atoms with Gasteiger partial charge >= 0.3 is 0 Å². The van der Waals surface area contributed by atoms with Crippen LogP contribution in [0.15, 0.2) is 54.6 Å². The molecule has 1 heterocycles. The fourth-order valence-electron chi connectivity index (χ4n) is 5.95. The van der Waals surface area contributed by atoms with E-state index in [1.54, 1.807) is 0 Å². The van der Waals surface area contributed by atoms with Gasteiger partial charge in [0.05, 0.1) is 0 Å². The number of ketones is 1. The number of fused-ring (bicyclic) bond motifs is 2. The largest absolute Gasteiger partial charge is 0.299 e. The molecule has 2 aromatic carbocycles. The number of carbonyl (C=O) groups excluding carboxylic acids is 1. The molecule has 3 aliphatic rings. The number of likely N-dealkylation sites (tertiary alicyclic amines) is 1. The number of nitrogens with zero attached hydrogens (tertiary/aromatic N) is 1. The smallest absolute Gasteiger partial charge is 0.137 e. The maximum Gasteiger partial charge on any atom is 0.137 e. The van der Waals surface area contributed by atoms with Crippen molar-refractivity contribution in [3.8, 4) is 11.1 Å². The standard InChI is InChI=1S/C25H29NO/c27-24-17-22-21(16-23(24)25(22)26-13-5-2-6-14-26)15-18-9-11-20(12-10-18)19-7-3-1-4-8-19/h1,3-4,7-12,21-23,25H,2,5-6,13-17H2/t21-,22-,23-,25-/m0/s1. The predicted octanol–water partition coefficient (Wildman–Crippen LogP) is 4.98. The van der Waals surface area contributed by atoms with E-state index in [4.69, 9.17) is 0 Å². The predicted molar refractivity (Wildman–Crippen MR) is 110 cm³/mol. The van der Waals surface area contributed by atoms with Crippen molar-refractivity contribution in [1.82, 2.24) is 4.90 Å². The van der Waals surface area contributed by atoms with E-state index < -0.39 is 0 Å². The van der Waals surface area contributed by atoms with E-state index >= 15 is 0 Å². The van der Waals surface area contributed by atoms with Gasteiger partial charge in [0.15, 0.2) is 0 Å². The molecule has 0 spiro atoms. The molecule has 140 valence electrons. The van der Waals surface area contributed by atoms with Crippen LogP contribution in [-0.2, 0) is 11.2 Å².